The van der Waals surface area contributed by atoms with E-state index in [4.69, 9.17) is 4.74 Å². The lowest BCUT2D eigenvalue weighted by Crippen LogP contribution is -2.17. The molecule has 5 heteroatoms. The fraction of sp³-hybridized carbons (Fsp3) is 0.125. The molecule has 0 spiro atoms. The zero-order valence-electron chi connectivity index (χ0n) is 11.6. The van der Waals surface area contributed by atoms with E-state index in [1.54, 1.807) is 12.1 Å². The van der Waals surface area contributed by atoms with Crippen molar-refractivity contribution in [1.29, 1.82) is 0 Å². The highest BCUT2D eigenvalue weighted by Crippen LogP contribution is 2.16. The smallest absolute Gasteiger partial charge is 0.275 e. The second-order valence-corrected chi connectivity index (χ2v) is 4.19. The molecule has 108 valence electrons. The van der Waals surface area contributed by atoms with E-state index in [-0.39, 0.29) is 11.3 Å². The second-order valence-electron chi connectivity index (χ2n) is 4.19. The van der Waals surface area contributed by atoms with Gasteiger partial charge >= 0.3 is 0 Å². The van der Waals surface area contributed by atoms with Gasteiger partial charge in [-0.25, -0.2) is 5.43 Å². The molecule has 1 amide bonds. The number of hydrogen-bond donors (Lipinski definition) is 2. The Hall–Kier alpha value is -2.82. The van der Waals surface area contributed by atoms with Crippen molar-refractivity contribution < 1.29 is 14.6 Å². The van der Waals surface area contributed by atoms with Gasteiger partial charge < -0.3 is 9.84 Å². The highest BCUT2D eigenvalue weighted by molar-refractivity contribution is 5.97. The molecule has 2 N–H and O–H groups in total. The number of carbonyl (C=O) groups excluding carboxylic acids is 1. The number of rotatable bonds is 5. The maximum Gasteiger partial charge on any atom is 0.275 e. The monoisotopic (exact) mass is 284 g/mol. The minimum atomic E-state index is -0.474. The fourth-order valence-electron chi connectivity index (χ4n) is 1.76. The summed E-state index contributed by atoms with van der Waals surface area (Å²) in [6.45, 7) is 2.45. The van der Waals surface area contributed by atoms with Gasteiger partial charge in [0, 0.05) is 5.56 Å². The van der Waals surface area contributed by atoms with E-state index < -0.39 is 5.91 Å². The molecule has 5 nitrogen and oxygen atoms in total. The summed E-state index contributed by atoms with van der Waals surface area (Å²) < 4.78 is 5.45. The van der Waals surface area contributed by atoms with Gasteiger partial charge in [-0.1, -0.05) is 24.3 Å². The first-order chi connectivity index (χ1) is 10.2. The summed E-state index contributed by atoms with van der Waals surface area (Å²) in [5.74, 6) is 0.138. The molecule has 0 aliphatic rings. The summed E-state index contributed by atoms with van der Waals surface area (Å²) in [5.41, 5.74) is 3.31. The maximum absolute atomic E-state index is 11.9. The number of hydrogen-bond acceptors (Lipinski definition) is 4. The lowest BCUT2D eigenvalue weighted by molar-refractivity contribution is 0.0952. The third kappa shape index (κ3) is 3.82. The van der Waals surface area contributed by atoms with Crippen LogP contribution in [0.1, 0.15) is 22.8 Å². The van der Waals surface area contributed by atoms with Gasteiger partial charge in [0.1, 0.15) is 11.5 Å². The topological polar surface area (TPSA) is 70.9 Å². The molecular weight excluding hydrogens is 268 g/mol. The zero-order valence-corrected chi connectivity index (χ0v) is 11.6. The van der Waals surface area contributed by atoms with Gasteiger partial charge in [-0.05, 0) is 31.2 Å². The third-order valence-electron chi connectivity index (χ3n) is 2.74. The van der Waals surface area contributed by atoms with Crippen LogP contribution in [0.15, 0.2) is 53.6 Å². The Bertz CT molecular complexity index is 653. The SMILES string of the molecule is CCOc1ccccc1/C=N/NC(=O)c1ccccc1O. The summed E-state index contributed by atoms with van der Waals surface area (Å²) in [6, 6.07) is 13.7. The molecule has 0 aliphatic heterocycles. The number of nitrogens with one attached hydrogen (secondary N) is 1. The van der Waals surface area contributed by atoms with Crippen molar-refractivity contribution in [1.82, 2.24) is 5.43 Å². The molecule has 0 saturated carbocycles. The molecule has 21 heavy (non-hydrogen) atoms. The van der Waals surface area contributed by atoms with Crippen LogP contribution in [-0.2, 0) is 0 Å². The highest BCUT2D eigenvalue weighted by Gasteiger charge is 2.08. The number of carbonyl (C=O) groups is 1. The van der Waals surface area contributed by atoms with Gasteiger partial charge in [-0.2, -0.15) is 5.10 Å². The molecule has 0 bridgehead atoms. The average Bonchev–Trinajstić information content (AvgIpc) is 2.49. The lowest BCUT2D eigenvalue weighted by atomic mass is 10.2. The number of ether oxygens (including phenoxy) is 1. The van der Waals surface area contributed by atoms with Crippen LogP contribution in [0.3, 0.4) is 0 Å². The van der Waals surface area contributed by atoms with Crippen LogP contribution in [0.2, 0.25) is 0 Å². The number of hydrazone groups is 1. The van der Waals surface area contributed by atoms with Gasteiger partial charge in [0.15, 0.2) is 0 Å². The van der Waals surface area contributed by atoms with E-state index in [0.29, 0.717) is 12.4 Å². The van der Waals surface area contributed by atoms with Crippen molar-refractivity contribution in [2.45, 2.75) is 6.92 Å². The van der Waals surface area contributed by atoms with Crippen molar-refractivity contribution in [3.05, 3.63) is 59.7 Å². The predicted molar refractivity (Wildman–Crippen MR) is 80.8 cm³/mol. The molecule has 0 unspecified atom stereocenters. The predicted octanol–water partition coefficient (Wildman–Crippen LogP) is 2.55. The molecule has 0 atom stereocenters. The first-order valence-corrected chi connectivity index (χ1v) is 6.55. The summed E-state index contributed by atoms with van der Waals surface area (Å²) in [4.78, 5) is 11.9. The summed E-state index contributed by atoms with van der Waals surface area (Å²) in [6.07, 6.45) is 1.50. The molecule has 2 aromatic rings. The number of phenolic OH excluding ortho intramolecular Hbond substituents is 1. The van der Waals surface area contributed by atoms with Crippen LogP contribution in [0.4, 0.5) is 0 Å². The van der Waals surface area contributed by atoms with Gasteiger partial charge in [0.2, 0.25) is 0 Å². The highest BCUT2D eigenvalue weighted by atomic mass is 16.5. The first kappa shape index (κ1) is 14.6. The molecule has 2 rings (SSSR count). The quantitative estimate of drug-likeness (QED) is 0.654. The minimum Gasteiger partial charge on any atom is -0.507 e. The summed E-state index contributed by atoms with van der Waals surface area (Å²) in [5, 5.41) is 13.5. The van der Waals surface area contributed by atoms with Gasteiger partial charge in [0.05, 0.1) is 18.4 Å². The van der Waals surface area contributed by atoms with Crippen LogP contribution in [-0.4, -0.2) is 23.8 Å². The van der Waals surface area contributed by atoms with Crippen LogP contribution in [0, 0.1) is 0 Å². The molecule has 0 saturated heterocycles. The Morgan fingerprint density at radius 1 is 1.24 bits per heavy atom. The normalized spacial score (nSPS) is 10.5. The number of amides is 1. The Morgan fingerprint density at radius 2 is 1.95 bits per heavy atom. The van der Waals surface area contributed by atoms with Crippen molar-refractivity contribution in [2.24, 2.45) is 5.10 Å². The lowest BCUT2D eigenvalue weighted by Gasteiger charge is -2.06. The largest absolute Gasteiger partial charge is 0.507 e. The maximum atomic E-state index is 11.9. The number of aromatic hydroxyl groups is 1. The van der Waals surface area contributed by atoms with E-state index in [1.165, 1.54) is 18.3 Å². The minimum absolute atomic E-state index is 0.0834. The molecule has 0 fully saturated rings. The van der Waals surface area contributed by atoms with Gasteiger partial charge in [-0.15, -0.1) is 0 Å². The Kier molecular flexibility index (Phi) is 4.93. The van der Waals surface area contributed by atoms with E-state index in [1.807, 2.05) is 31.2 Å². The fourth-order valence-corrected chi connectivity index (χ4v) is 1.76. The van der Waals surface area contributed by atoms with E-state index in [0.717, 1.165) is 5.56 Å². The van der Waals surface area contributed by atoms with E-state index in [9.17, 15) is 9.90 Å². The van der Waals surface area contributed by atoms with Crippen molar-refractivity contribution in [2.75, 3.05) is 6.61 Å². The standard InChI is InChI=1S/C16H16N2O3/c1-2-21-15-10-6-3-7-12(15)11-17-18-16(20)13-8-4-5-9-14(13)19/h3-11,19H,2H2,1H3,(H,18,20)/b17-11+. The van der Waals surface area contributed by atoms with Crippen molar-refractivity contribution in [3.63, 3.8) is 0 Å². The Balaban J connectivity index is 2.06. The van der Waals surface area contributed by atoms with Crippen molar-refractivity contribution in [3.8, 4) is 11.5 Å². The van der Waals surface area contributed by atoms with Gasteiger partial charge in [0.25, 0.3) is 5.91 Å². The molecular formula is C16H16N2O3. The first-order valence-electron chi connectivity index (χ1n) is 6.55. The average molecular weight is 284 g/mol. The van der Waals surface area contributed by atoms with Crippen LogP contribution in [0.5, 0.6) is 11.5 Å². The molecule has 0 aromatic heterocycles. The number of para-hydroxylation sites is 2. The molecule has 0 aliphatic carbocycles. The zero-order chi connectivity index (χ0) is 15.1. The Morgan fingerprint density at radius 3 is 2.71 bits per heavy atom. The van der Waals surface area contributed by atoms with E-state index in [2.05, 4.69) is 10.5 Å². The number of phenols is 1. The molecule has 2 aromatic carbocycles. The second kappa shape index (κ2) is 7.09. The van der Waals surface area contributed by atoms with Gasteiger partial charge in [-0.3, -0.25) is 4.79 Å². The number of benzene rings is 2. The van der Waals surface area contributed by atoms with Crippen molar-refractivity contribution >= 4 is 12.1 Å². The summed E-state index contributed by atoms with van der Waals surface area (Å²) >= 11 is 0. The van der Waals surface area contributed by atoms with Crippen LogP contribution >= 0.6 is 0 Å². The molecule has 0 radical (unpaired) electrons. The third-order valence-corrected chi connectivity index (χ3v) is 2.74. The number of nitrogens with zero attached hydrogens (tertiary/aromatic N) is 1. The van der Waals surface area contributed by atoms with Crippen LogP contribution in [0.25, 0.3) is 0 Å². The van der Waals surface area contributed by atoms with Crippen LogP contribution < -0.4 is 10.2 Å². The Labute approximate surface area is 122 Å². The summed E-state index contributed by atoms with van der Waals surface area (Å²) in [7, 11) is 0. The molecule has 0 heterocycles. The van der Waals surface area contributed by atoms with E-state index >= 15 is 0 Å².